The van der Waals surface area contributed by atoms with E-state index in [1.807, 2.05) is 41.5 Å². The van der Waals surface area contributed by atoms with Gasteiger partial charge in [0.05, 0.1) is 0 Å². The number of nitrogens with two attached hydrogens (primary N) is 2. The lowest BCUT2D eigenvalue weighted by molar-refractivity contribution is -0.130. The van der Waals surface area contributed by atoms with Gasteiger partial charge >= 0.3 is 0 Å². The smallest absolute Gasteiger partial charge is 0.239 e. The number of nitrogens with one attached hydrogen (secondary N) is 2. The number of amides is 2. The van der Waals surface area contributed by atoms with Gasteiger partial charge < -0.3 is 22.1 Å². The fraction of sp³-hybridized carbons (Fsp3) is 0.833. The lowest BCUT2D eigenvalue weighted by atomic mass is 10.0. The molecule has 0 bridgehead atoms. The minimum absolute atomic E-state index is 0.408. The Morgan fingerprint density at radius 3 is 1.17 bits per heavy atom. The first-order valence-electron chi connectivity index (χ1n) is 5.99. The van der Waals surface area contributed by atoms with Crippen LogP contribution < -0.4 is 22.1 Å². The van der Waals surface area contributed by atoms with Crippen molar-refractivity contribution in [2.75, 3.05) is 0 Å². The molecule has 0 saturated carbocycles. The molecule has 2 amide bonds. The van der Waals surface area contributed by atoms with E-state index in [0.29, 0.717) is 0 Å². The third-order valence-corrected chi connectivity index (χ3v) is 1.99. The van der Waals surface area contributed by atoms with E-state index in [4.69, 9.17) is 11.5 Å². The predicted octanol–water partition coefficient (Wildman–Crippen LogP) is -0.530. The molecule has 0 fully saturated rings. The molecule has 6 N–H and O–H groups in total. The number of hydrogen-bond acceptors (Lipinski definition) is 4. The van der Waals surface area contributed by atoms with Gasteiger partial charge in [0.25, 0.3) is 0 Å². The Balaban J connectivity index is 4.55. The number of carbonyl (C=O) groups excluding carboxylic acids is 2. The highest BCUT2D eigenvalue weighted by atomic mass is 16.2. The van der Waals surface area contributed by atoms with E-state index in [9.17, 15) is 9.59 Å². The predicted molar refractivity (Wildman–Crippen MR) is 71.7 cm³/mol. The van der Waals surface area contributed by atoms with Crippen LogP contribution in [0.2, 0.25) is 0 Å². The molecule has 0 aliphatic heterocycles. The van der Waals surface area contributed by atoms with E-state index in [1.165, 1.54) is 0 Å². The summed E-state index contributed by atoms with van der Waals surface area (Å²) in [6, 6.07) is -2.13. The summed E-state index contributed by atoms with van der Waals surface area (Å²) >= 11 is 0. The van der Waals surface area contributed by atoms with Crippen molar-refractivity contribution in [3.05, 3.63) is 0 Å². The van der Waals surface area contributed by atoms with Crippen molar-refractivity contribution < 1.29 is 9.59 Å². The molecule has 0 aliphatic carbocycles. The second-order valence-corrected chi connectivity index (χ2v) is 6.53. The van der Waals surface area contributed by atoms with Crippen LogP contribution in [0.15, 0.2) is 0 Å². The molecule has 0 aliphatic rings. The fourth-order valence-electron chi connectivity index (χ4n) is 1.23. The van der Waals surface area contributed by atoms with Crippen LogP contribution in [0.1, 0.15) is 41.5 Å². The highest BCUT2D eigenvalue weighted by Crippen LogP contribution is 2.02. The summed E-state index contributed by atoms with van der Waals surface area (Å²) in [4.78, 5) is 23.5. The summed E-state index contributed by atoms with van der Waals surface area (Å²) in [5, 5.41) is 5.39. The summed E-state index contributed by atoms with van der Waals surface area (Å²) in [6.45, 7) is 11.0. The van der Waals surface area contributed by atoms with Crippen molar-refractivity contribution in [2.24, 2.45) is 11.5 Å². The Kier molecular flexibility index (Phi) is 5.31. The molecule has 6 nitrogen and oxygen atoms in total. The van der Waals surface area contributed by atoms with Crippen molar-refractivity contribution in [3.8, 4) is 0 Å². The average molecular weight is 258 g/mol. The molecule has 18 heavy (non-hydrogen) atoms. The van der Waals surface area contributed by atoms with Crippen molar-refractivity contribution >= 4 is 11.8 Å². The van der Waals surface area contributed by atoms with Crippen LogP contribution in [0.5, 0.6) is 0 Å². The minimum Gasteiger partial charge on any atom is -0.350 e. The van der Waals surface area contributed by atoms with Crippen LogP contribution in [0.3, 0.4) is 0 Å². The third kappa shape index (κ3) is 6.56. The zero-order valence-electron chi connectivity index (χ0n) is 12.1. The van der Waals surface area contributed by atoms with Gasteiger partial charge in [0.1, 0.15) is 12.1 Å². The monoisotopic (exact) mass is 258 g/mol. The van der Waals surface area contributed by atoms with Crippen LogP contribution in [0.4, 0.5) is 0 Å². The fourth-order valence-corrected chi connectivity index (χ4v) is 1.23. The van der Waals surface area contributed by atoms with Gasteiger partial charge in [0.2, 0.25) is 11.8 Å². The van der Waals surface area contributed by atoms with Crippen LogP contribution in [0.25, 0.3) is 0 Å². The van der Waals surface area contributed by atoms with Gasteiger partial charge in [-0.1, -0.05) is 0 Å². The van der Waals surface area contributed by atoms with Gasteiger partial charge in [-0.25, -0.2) is 0 Å². The van der Waals surface area contributed by atoms with Crippen molar-refractivity contribution in [1.29, 1.82) is 0 Å². The molecular formula is C12H26N4O2. The maximum absolute atomic E-state index is 11.8. The van der Waals surface area contributed by atoms with Gasteiger partial charge in [0, 0.05) is 11.1 Å². The topological polar surface area (TPSA) is 110 Å². The molecule has 106 valence electrons. The molecule has 0 radical (unpaired) electrons. The summed E-state index contributed by atoms with van der Waals surface area (Å²) in [7, 11) is 0. The molecule has 2 unspecified atom stereocenters. The molecule has 0 aromatic carbocycles. The molecule has 0 rings (SSSR count). The molecular weight excluding hydrogens is 232 g/mol. The van der Waals surface area contributed by atoms with Gasteiger partial charge in [-0.3, -0.25) is 9.59 Å². The zero-order valence-corrected chi connectivity index (χ0v) is 12.1. The zero-order chi connectivity index (χ0) is 14.7. The molecule has 0 heterocycles. The highest BCUT2D eigenvalue weighted by molar-refractivity contribution is 5.92. The number of rotatable bonds is 3. The average Bonchev–Trinajstić information content (AvgIpc) is 2.09. The molecule has 2 atom stereocenters. The quantitative estimate of drug-likeness (QED) is 0.545. The largest absolute Gasteiger partial charge is 0.350 e. The highest BCUT2D eigenvalue weighted by Gasteiger charge is 2.30. The van der Waals surface area contributed by atoms with E-state index < -0.39 is 35.0 Å². The van der Waals surface area contributed by atoms with E-state index in [0.717, 1.165) is 0 Å². The minimum atomic E-state index is -1.06. The van der Waals surface area contributed by atoms with E-state index in [1.54, 1.807) is 0 Å². The third-order valence-electron chi connectivity index (χ3n) is 1.99. The number of hydrogen-bond donors (Lipinski definition) is 4. The summed E-state index contributed by atoms with van der Waals surface area (Å²) in [5.74, 6) is -0.863. The van der Waals surface area contributed by atoms with E-state index in [-0.39, 0.29) is 0 Å². The maximum Gasteiger partial charge on any atom is 0.239 e. The Labute approximate surface area is 109 Å². The molecule has 0 aromatic heterocycles. The Morgan fingerprint density at radius 2 is 1.00 bits per heavy atom. The molecule has 0 saturated heterocycles. The van der Waals surface area contributed by atoms with Crippen LogP contribution in [-0.2, 0) is 9.59 Å². The van der Waals surface area contributed by atoms with Gasteiger partial charge in [0.15, 0.2) is 0 Å². The number of carbonyl (C=O) groups is 2. The second kappa shape index (κ2) is 5.67. The maximum atomic E-state index is 11.8. The standard InChI is InChI=1S/C12H26N4O2/c1-11(2,3)15-9(17)7(13)8(14)10(18)16-12(4,5)6/h7-8H,13-14H2,1-6H3,(H,15,17)(H,16,18). The van der Waals surface area contributed by atoms with Crippen molar-refractivity contribution in [2.45, 2.75) is 64.7 Å². The molecule has 0 spiro atoms. The first kappa shape index (κ1) is 16.9. The molecule has 0 aromatic rings. The lowest BCUT2D eigenvalue weighted by Gasteiger charge is -2.28. The Bertz CT molecular complexity index is 283. The first-order valence-corrected chi connectivity index (χ1v) is 5.99. The molecule has 6 heteroatoms. The summed E-state index contributed by atoms with van der Waals surface area (Å²) < 4.78 is 0. The SMILES string of the molecule is CC(C)(C)NC(=O)C(N)C(N)C(=O)NC(C)(C)C. The van der Waals surface area contributed by atoms with Crippen LogP contribution in [-0.4, -0.2) is 35.0 Å². The van der Waals surface area contributed by atoms with Crippen LogP contribution in [0, 0.1) is 0 Å². The van der Waals surface area contributed by atoms with E-state index in [2.05, 4.69) is 10.6 Å². The van der Waals surface area contributed by atoms with Crippen LogP contribution >= 0.6 is 0 Å². The van der Waals surface area contributed by atoms with Crippen molar-refractivity contribution in [3.63, 3.8) is 0 Å². The Morgan fingerprint density at radius 1 is 0.778 bits per heavy atom. The summed E-state index contributed by atoms with van der Waals surface area (Å²) in [6.07, 6.45) is 0. The summed E-state index contributed by atoms with van der Waals surface area (Å²) in [5.41, 5.74) is 10.6. The normalized spacial score (nSPS) is 15.8. The first-order chi connectivity index (χ1) is 7.83. The van der Waals surface area contributed by atoms with Crippen molar-refractivity contribution in [1.82, 2.24) is 10.6 Å². The second-order valence-electron chi connectivity index (χ2n) is 6.53. The lowest BCUT2D eigenvalue weighted by Crippen LogP contribution is -2.62. The van der Waals surface area contributed by atoms with E-state index >= 15 is 0 Å². The Hall–Kier alpha value is -1.14. The van der Waals surface area contributed by atoms with Gasteiger partial charge in [-0.2, -0.15) is 0 Å². The van der Waals surface area contributed by atoms with Gasteiger partial charge in [-0.15, -0.1) is 0 Å². The van der Waals surface area contributed by atoms with Gasteiger partial charge in [-0.05, 0) is 41.5 Å².